The number of hydrogen-bond acceptors (Lipinski definition) is 5. The van der Waals surface area contributed by atoms with E-state index in [0.29, 0.717) is 5.56 Å². The summed E-state index contributed by atoms with van der Waals surface area (Å²) in [6, 6.07) is 19.6. The van der Waals surface area contributed by atoms with Crippen LogP contribution in [0.3, 0.4) is 0 Å². The number of phenols is 2. The number of fused-ring (bicyclic) bond motifs is 1. The number of allylic oxidation sites excluding steroid dienone is 1. The van der Waals surface area contributed by atoms with E-state index < -0.39 is 23.4 Å². The van der Waals surface area contributed by atoms with Gasteiger partial charge in [0.25, 0.3) is 0 Å². The van der Waals surface area contributed by atoms with Crippen LogP contribution in [-0.4, -0.2) is 22.0 Å². The largest absolute Gasteiger partial charge is 0.507 e. The summed E-state index contributed by atoms with van der Waals surface area (Å²) < 4.78 is 5.34. The van der Waals surface area contributed by atoms with Crippen LogP contribution in [0.2, 0.25) is 0 Å². The Labute approximate surface area is 167 Å². The van der Waals surface area contributed by atoms with Gasteiger partial charge in [0.15, 0.2) is 11.5 Å². The standard InChI is InChI=1S/C24H18O5/c25-18(12-11-15-7-3-1-4-8-15)23-20(27)14-19(26)22-17(13-21(28)29-24(22)23)16-9-5-2-6-10-16/h1-12,14,17,26-27H,13H2/b12-11+/t17-/m0/s1. The maximum Gasteiger partial charge on any atom is 0.312 e. The average Bonchev–Trinajstić information content (AvgIpc) is 2.72. The van der Waals surface area contributed by atoms with Crippen LogP contribution in [0.15, 0.2) is 72.8 Å². The van der Waals surface area contributed by atoms with Gasteiger partial charge in [-0.3, -0.25) is 9.59 Å². The van der Waals surface area contributed by atoms with Gasteiger partial charge in [-0.05, 0) is 17.2 Å². The van der Waals surface area contributed by atoms with E-state index in [2.05, 4.69) is 0 Å². The summed E-state index contributed by atoms with van der Waals surface area (Å²) in [4.78, 5) is 25.1. The zero-order valence-corrected chi connectivity index (χ0v) is 15.4. The van der Waals surface area contributed by atoms with Crippen LogP contribution in [0.5, 0.6) is 17.2 Å². The second-order valence-corrected chi connectivity index (χ2v) is 6.78. The Morgan fingerprint density at radius 3 is 2.31 bits per heavy atom. The number of carbonyl (C=O) groups is 2. The van der Waals surface area contributed by atoms with Gasteiger partial charge in [0.1, 0.15) is 17.1 Å². The molecule has 4 rings (SSSR count). The summed E-state index contributed by atoms with van der Waals surface area (Å²) >= 11 is 0. The predicted molar refractivity (Wildman–Crippen MR) is 108 cm³/mol. The van der Waals surface area contributed by atoms with Crippen LogP contribution in [0, 0.1) is 0 Å². The Hall–Kier alpha value is -3.86. The van der Waals surface area contributed by atoms with Gasteiger partial charge in [0.2, 0.25) is 0 Å². The van der Waals surface area contributed by atoms with Gasteiger partial charge in [0.05, 0.1) is 6.42 Å². The number of aromatic hydroxyl groups is 2. The molecule has 0 aliphatic carbocycles. The summed E-state index contributed by atoms with van der Waals surface area (Å²) in [5.74, 6) is -2.28. The van der Waals surface area contributed by atoms with E-state index >= 15 is 0 Å². The molecule has 0 saturated heterocycles. The van der Waals surface area contributed by atoms with Crippen LogP contribution in [-0.2, 0) is 4.79 Å². The molecule has 0 saturated carbocycles. The van der Waals surface area contributed by atoms with Crippen molar-refractivity contribution < 1.29 is 24.5 Å². The Morgan fingerprint density at radius 2 is 1.62 bits per heavy atom. The van der Waals surface area contributed by atoms with E-state index in [1.165, 1.54) is 6.08 Å². The Kier molecular flexibility index (Phi) is 4.87. The molecule has 0 radical (unpaired) electrons. The Bertz CT molecular complexity index is 1100. The van der Waals surface area contributed by atoms with Gasteiger partial charge in [0, 0.05) is 17.5 Å². The number of ether oxygens (including phenoxy) is 1. The van der Waals surface area contributed by atoms with Crippen LogP contribution in [0.25, 0.3) is 6.08 Å². The lowest BCUT2D eigenvalue weighted by molar-refractivity contribution is -0.135. The first kappa shape index (κ1) is 18.5. The fourth-order valence-corrected chi connectivity index (χ4v) is 3.54. The molecule has 0 spiro atoms. The molecule has 1 aliphatic heterocycles. The van der Waals surface area contributed by atoms with E-state index in [1.807, 2.05) is 60.7 Å². The maximum absolute atomic E-state index is 12.9. The molecule has 1 heterocycles. The van der Waals surface area contributed by atoms with Gasteiger partial charge < -0.3 is 14.9 Å². The molecular weight excluding hydrogens is 368 g/mol. The number of hydrogen-bond donors (Lipinski definition) is 2. The third-order valence-electron chi connectivity index (χ3n) is 4.89. The van der Waals surface area contributed by atoms with E-state index in [1.54, 1.807) is 6.08 Å². The van der Waals surface area contributed by atoms with Crippen molar-refractivity contribution in [3.8, 4) is 17.2 Å². The average molecular weight is 386 g/mol. The summed E-state index contributed by atoms with van der Waals surface area (Å²) in [6.45, 7) is 0. The quantitative estimate of drug-likeness (QED) is 0.300. The highest BCUT2D eigenvalue weighted by Crippen LogP contribution is 2.48. The van der Waals surface area contributed by atoms with Crippen LogP contribution in [0.4, 0.5) is 0 Å². The molecule has 144 valence electrons. The van der Waals surface area contributed by atoms with Gasteiger partial charge in [-0.1, -0.05) is 66.7 Å². The number of esters is 1. The fourth-order valence-electron chi connectivity index (χ4n) is 3.54. The summed E-state index contributed by atoms with van der Waals surface area (Å²) in [5.41, 5.74) is 1.81. The third-order valence-corrected chi connectivity index (χ3v) is 4.89. The molecule has 0 aromatic heterocycles. The first-order valence-electron chi connectivity index (χ1n) is 9.16. The lowest BCUT2D eigenvalue weighted by Crippen LogP contribution is -2.23. The molecule has 0 unspecified atom stereocenters. The first-order chi connectivity index (χ1) is 14.0. The van der Waals surface area contributed by atoms with Gasteiger partial charge in [-0.15, -0.1) is 0 Å². The second kappa shape index (κ2) is 7.64. The maximum atomic E-state index is 12.9. The van der Waals surface area contributed by atoms with Crippen molar-refractivity contribution in [3.05, 3.63) is 95.1 Å². The number of carbonyl (C=O) groups excluding carboxylic acids is 2. The predicted octanol–water partition coefficient (Wildman–Crippen LogP) is 4.43. The zero-order chi connectivity index (χ0) is 20.4. The lowest BCUT2D eigenvalue weighted by atomic mass is 9.84. The fraction of sp³-hybridized carbons (Fsp3) is 0.0833. The molecule has 1 atom stereocenters. The molecule has 2 N–H and O–H groups in total. The smallest absolute Gasteiger partial charge is 0.312 e. The Morgan fingerprint density at radius 1 is 0.966 bits per heavy atom. The van der Waals surface area contributed by atoms with E-state index in [0.717, 1.165) is 17.2 Å². The molecule has 3 aromatic rings. The molecule has 5 nitrogen and oxygen atoms in total. The van der Waals surface area contributed by atoms with Crippen molar-refractivity contribution in [2.75, 3.05) is 0 Å². The highest BCUT2D eigenvalue weighted by molar-refractivity contribution is 6.11. The van der Waals surface area contributed by atoms with E-state index in [-0.39, 0.29) is 23.5 Å². The monoisotopic (exact) mass is 386 g/mol. The minimum atomic E-state index is -0.530. The van der Waals surface area contributed by atoms with E-state index in [9.17, 15) is 19.8 Å². The summed E-state index contributed by atoms with van der Waals surface area (Å²) in [6.07, 6.45) is 2.95. The second-order valence-electron chi connectivity index (χ2n) is 6.78. The van der Waals surface area contributed by atoms with Crippen molar-refractivity contribution in [2.45, 2.75) is 12.3 Å². The van der Waals surface area contributed by atoms with Gasteiger partial charge in [-0.2, -0.15) is 0 Å². The van der Waals surface area contributed by atoms with Crippen LogP contribution >= 0.6 is 0 Å². The minimum Gasteiger partial charge on any atom is -0.507 e. The lowest BCUT2D eigenvalue weighted by Gasteiger charge is -2.27. The molecule has 0 amide bonds. The number of benzene rings is 3. The van der Waals surface area contributed by atoms with Gasteiger partial charge >= 0.3 is 5.97 Å². The van der Waals surface area contributed by atoms with E-state index in [4.69, 9.17) is 4.74 Å². The molecule has 1 aliphatic rings. The SMILES string of the molecule is O=C1C[C@@H](c2ccccc2)c2c(O)cc(O)c(C(=O)/C=C/c3ccccc3)c2O1. The van der Waals surface area contributed by atoms with Crippen molar-refractivity contribution >= 4 is 17.8 Å². The summed E-state index contributed by atoms with van der Waals surface area (Å²) in [5, 5.41) is 20.8. The first-order valence-corrected chi connectivity index (χ1v) is 9.16. The highest BCUT2D eigenvalue weighted by atomic mass is 16.5. The normalized spacial score (nSPS) is 15.7. The molecule has 0 fully saturated rings. The van der Waals surface area contributed by atoms with Crippen molar-refractivity contribution in [1.82, 2.24) is 0 Å². The summed E-state index contributed by atoms with van der Waals surface area (Å²) in [7, 11) is 0. The molecule has 0 bridgehead atoms. The molecule has 5 heteroatoms. The van der Waals surface area contributed by atoms with Crippen molar-refractivity contribution in [3.63, 3.8) is 0 Å². The molecular formula is C24H18O5. The van der Waals surface area contributed by atoms with Crippen LogP contribution < -0.4 is 4.74 Å². The Balaban J connectivity index is 1.81. The van der Waals surface area contributed by atoms with Gasteiger partial charge in [-0.25, -0.2) is 0 Å². The topological polar surface area (TPSA) is 83.8 Å². The van der Waals surface area contributed by atoms with Crippen LogP contribution in [0.1, 0.15) is 39.4 Å². The number of ketones is 1. The molecule has 3 aromatic carbocycles. The molecule has 29 heavy (non-hydrogen) atoms. The minimum absolute atomic E-state index is 0.0306. The highest BCUT2D eigenvalue weighted by Gasteiger charge is 2.35. The number of rotatable bonds is 4. The van der Waals surface area contributed by atoms with Crippen molar-refractivity contribution in [1.29, 1.82) is 0 Å². The zero-order valence-electron chi connectivity index (χ0n) is 15.4. The number of phenolic OH excluding ortho intramolecular Hbond substituents is 2. The third kappa shape index (κ3) is 3.62. The van der Waals surface area contributed by atoms with Crippen molar-refractivity contribution in [2.24, 2.45) is 0 Å².